The number of carbonyl (C=O) groups is 1. The Hall–Kier alpha value is -2.51. The molecule has 100 valence electrons. The van der Waals surface area contributed by atoms with Crippen LogP contribution in [0.3, 0.4) is 0 Å². The maximum Gasteiger partial charge on any atom is 0.255 e. The van der Waals surface area contributed by atoms with Crippen molar-refractivity contribution in [3.05, 3.63) is 58.1 Å². The third kappa shape index (κ3) is 2.90. The Labute approximate surface area is 121 Å². The van der Waals surface area contributed by atoms with E-state index in [4.69, 9.17) is 22.6 Å². The number of nitrogens with zero attached hydrogens (tertiary/aromatic N) is 1. The maximum absolute atomic E-state index is 12.1. The molecule has 0 aliphatic carbocycles. The molecule has 0 aromatic heterocycles. The van der Waals surface area contributed by atoms with Crippen LogP contribution in [0.1, 0.15) is 21.5 Å². The van der Waals surface area contributed by atoms with E-state index in [0.29, 0.717) is 27.5 Å². The summed E-state index contributed by atoms with van der Waals surface area (Å²) >= 11 is 6.01. The maximum atomic E-state index is 12.1. The largest absolute Gasteiger partial charge is 0.398 e. The van der Waals surface area contributed by atoms with Crippen LogP contribution in [0.25, 0.3) is 0 Å². The van der Waals surface area contributed by atoms with E-state index < -0.39 is 0 Å². The second-order valence-electron chi connectivity index (χ2n) is 4.33. The quantitative estimate of drug-likeness (QED) is 0.831. The number of nitrogen functional groups attached to an aromatic ring is 1. The number of halogens is 1. The second-order valence-corrected chi connectivity index (χ2v) is 4.74. The second kappa shape index (κ2) is 5.64. The van der Waals surface area contributed by atoms with Crippen molar-refractivity contribution < 1.29 is 4.79 Å². The first kappa shape index (κ1) is 13.9. The highest BCUT2D eigenvalue weighted by molar-refractivity contribution is 6.34. The summed E-state index contributed by atoms with van der Waals surface area (Å²) in [7, 11) is 0. The average molecular weight is 286 g/mol. The molecule has 2 aromatic carbocycles. The van der Waals surface area contributed by atoms with Gasteiger partial charge in [-0.3, -0.25) is 4.79 Å². The zero-order chi connectivity index (χ0) is 14.7. The molecule has 0 bridgehead atoms. The normalized spacial score (nSPS) is 9.85. The minimum Gasteiger partial charge on any atom is -0.398 e. The number of rotatable bonds is 2. The summed E-state index contributed by atoms with van der Waals surface area (Å²) in [6.45, 7) is 1.87. The average Bonchev–Trinajstić information content (AvgIpc) is 2.43. The molecule has 0 heterocycles. The van der Waals surface area contributed by atoms with Crippen molar-refractivity contribution in [1.29, 1.82) is 5.26 Å². The molecule has 0 saturated carbocycles. The molecule has 0 unspecified atom stereocenters. The number of aryl methyl sites for hydroxylation is 1. The lowest BCUT2D eigenvalue weighted by atomic mass is 10.1. The van der Waals surface area contributed by atoms with Crippen molar-refractivity contribution in [1.82, 2.24) is 0 Å². The van der Waals surface area contributed by atoms with E-state index in [-0.39, 0.29) is 5.91 Å². The van der Waals surface area contributed by atoms with E-state index in [1.54, 1.807) is 30.3 Å². The van der Waals surface area contributed by atoms with Gasteiger partial charge in [0.05, 0.1) is 22.3 Å². The smallest absolute Gasteiger partial charge is 0.255 e. The molecule has 3 N–H and O–H groups in total. The lowest BCUT2D eigenvalue weighted by Gasteiger charge is -2.08. The summed E-state index contributed by atoms with van der Waals surface area (Å²) in [5.74, 6) is -0.302. The zero-order valence-electron chi connectivity index (χ0n) is 10.8. The van der Waals surface area contributed by atoms with E-state index in [1.165, 1.54) is 6.07 Å². The van der Waals surface area contributed by atoms with E-state index in [1.807, 2.05) is 13.0 Å². The van der Waals surface area contributed by atoms with Crippen molar-refractivity contribution in [2.75, 3.05) is 11.1 Å². The fourth-order valence-corrected chi connectivity index (χ4v) is 1.89. The highest BCUT2D eigenvalue weighted by Gasteiger charge is 2.10. The number of amides is 1. The molecule has 0 fully saturated rings. The molecule has 0 spiro atoms. The summed E-state index contributed by atoms with van der Waals surface area (Å²) in [6, 6.07) is 11.8. The number of anilines is 2. The molecule has 4 nitrogen and oxygen atoms in total. The van der Waals surface area contributed by atoms with Gasteiger partial charge in [-0.15, -0.1) is 0 Å². The Morgan fingerprint density at radius 1 is 1.30 bits per heavy atom. The van der Waals surface area contributed by atoms with E-state index in [9.17, 15) is 4.79 Å². The predicted octanol–water partition coefficient (Wildman–Crippen LogP) is 3.35. The molecule has 0 aliphatic heterocycles. The summed E-state index contributed by atoms with van der Waals surface area (Å²) < 4.78 is 0. The van der Waals surface area contributed by atoms with Crippen molar-refractivity contribution in [2.45, 2.75) is 6.92 Å². The Kier molecular flexibility index (Phi) is 3.92. The van der Waals surface area contributed by atoms with Crippen LogP contribution in [-0.2, 0) is 0 Å². The van der Waals surface area contributed by atoms with Crippen LogP contribution in [0.15, 0.2) is 36.4 Å². The van der Waals surface area contributed by atoms with Gasteiger partial charge in [0.1, 0.15) is 0 Å². The molecule has 20 heavy (non-hydrogen) atoms. The van der Waals surface area contributed by atoms with Gasteiger partial charge in [-0.05, 0) is 42.8 Å². The van der Waals surface area contributed by atoms with Gasteiger partial charge in [-0.25, -0.2) is 0 Å². The highest BCUT2D eigenvalue weighted by Crippen LogP contribution is 2.23. The number of hydrogen-bond donors (Lipinski definition) is 2. The van der Waals surface area contributed by atoms with Crippen molar-refractivity contribution in [2.24, 2.45) is 0 Å². The molecular formula is C15H12ClN3O. The summed E-state index contributed by atoms with van der Waals surface area (Å²) in [5, 5.41) is 11.8. The Morgan fingerprint density at radius 2 is 2.05 bits per heavy atom. The van der Waals surface area contributed by atoms with E-state index in [0.717, 1.165) is 5.56 Å². The lowest BCUT2D eigenvalue weighted by Crippen LogP contribution is -2.12. The van der Waals surface area contributed by atoms with Crippen LogP contribution < -0.4 is 11.1 Å². The van der Waals surface area contributed by atoms with Crippen molar-refractivity contribution in [3.63, 3.8) is 0 Å². The molecule has 2 rings (SSSR count). The van der Waals surface area contributed by atoms with E-state index in [2.05, 4.69) is 5.32 Å². The monoisotopic (exact) mass is 285 g/mol. The number of hydrogen-bond acceptors (Lipinski definition) is 3. The third-order valence-corrected chi connectivity index (χ3v) is 3.20. The van der Waals surface area contributed by atoms with Crippen molar-refractivity contribution in [3.8, 4) is 6.07 Å². The number of benzene rings is 2. The SMILES string of the molecule is Cc1ccc(C(=O)Nc2ccc(C#N)cc2Cl)cc1N. The molecule has 0 aliphatic rings. The van der Waals surface area contributed by atoms with Gasteiger partial charge >= 0.3 is 0 Å². The molecule has 0 saturated heterocycles. The standard InChI is InChI=1S/C15H12ClN3O/c1-9-2-4-11(7-13(9)18)15(20)19-14-5-3-10(8-17)6-12(14)16/h2-7H,18H2,1H3,(H,19,20). The van der Waals surface area contributed by atoms with Gasteiger partial charge in [0, 0.05) is 11.3 Å². The highest BCUT2D eigenvalue weighted by atomic mass is 35.5. The molecular weight excluding hydrogens is 274 g/mol. The molecule has 0 radical (unpaired) electrons. The summed E-state index contributed by atoms with van der Waals surface area (Å²) in [4.78, 5) is 12.1. The minimum absolute atomic E-state index is 0.302. The van der Waals surface area contributed by atoms with Gasteiger partial charge < -0.3 is 11.1 Å². The number of carbonyl (C=O) groups excluding carboxylic acids is 1. The Morgan fingerprint density at radius 3 is 2.65 bits per heavy atom. The Balaban J connectivity index is 2.23. The Bertz CT molecular complexity index is 720. The summed E-state index contributed by atoms with van der Waals surface area (Å²) in [6.07, 6.45) is 0. The third-order valence-electron chi connectivity index (χ3n) is 2.89. The predicted molar refractivity (Wildman–Crippen MR) is 79.7 cm³/mol. The van der Waals surface area contributed by atoms with Crippen LogP contribution >= 0.6 is 11.6 Å². The molecule has 5 heteroatoms. The molecule has 2 aromatic rings. The van der Waals surface area contributed by atoms with Gasteiger partial charge in [-0.2, -0.15) is 5.26 Å². The van der Waals surface area contributed by atoms with Crippen LogP contribution in [0, 0.1) is 18.3 Å². The molecule has 1 amide bonds. The summed E-state index contributed by atoms with van der Waals surface area (Å²) in [5.41, 5.74) is 8.59. The first-order chi connectivity index (χ1) is 9.51. The van der Waals surface area contributed by atoms with Crippen molar-refractivity contribution >= 4 is 28.9 Å². The van der Waals surface area contributed by atoms with E-state index >= 15 is 0 Å². The van der Waals surface area contributed by atoms with Crippen LogP contribution in [0.4, 0.5) is 11.4 Å². The first-order valence-electron chi connectivity index (χ1n) is 5.88. The number of nitrogens with one attached hydrogen (secondary N) is 1. The van der Waals surface area contributed by atoms with Gasteiger partial charge in [0.25, 0.3) is 5.91 Å². The fraction of sp³-hybridized carbons (Fsp3) is 0.0667. The topological polar surface area (TPSA) is 78.9 Å². The zero-order valence-corrected chi connectivity index (χ0v) is 11.5. The van der Waals surface area contributed by atoms with Gasteiger partial charge in [0.15, 0.2) is 0 Å². The molecule has 0 atom stereocenters. The number of nitriles is 1. The first-order valence-corrected chi connectivity index (χ1v) is 6.26. The number of nitrogens with two attached hydrogens (primary N) is 1. The van der Waals surface area contributed by atoms with Gasteiger partial charge in [0.2, 0.25) is 0 Å². The minimum atomic E-state index is -0.302. The van der Waals surface area contributed by atoms with Gasteiger partial charge in [-0.1, -0.05) is 17.7 Å². The van der Waals surface area contributed by atoms with Crippen LogP contribution in [0.5, 0.6) is 0 Å². The van der Waals surface area contributed by atoms with Crippen LogP contribution in [0.2, 0.25) is 5.02 Å². The van der Waals surface area contributed by atoms with Crippen LogP contribution in [-0.4, -0.2) is 5.91 Å². The lowest BCUT2D eigenvalue weighted by molar-refractivity contribution is 0.102. The fourth-order valence-electron chi connectivity index (χ4n) is 1.66.